The van der Waals surface area contributed by atoms with Gasteiger partial charge < -0.3 is 0 Å². The molecule has 0 aromatic carbocycles. The number of nitrogens with zero attached hydrogens (tertiary/aromatic N) is 3. The molecule has 0 amide bonds. The van der Waals surface area contributed by atoms with Crippen LogP contribution >= 0.6 is 27.5 Å². The SMILES string of the molecule is C=C(Cl)CN1C2C=C[C@@H]1CC(C#N)(c1cncc(Br)c1)C2. The van der Waals surface area contributed by atoms with E-state index in [-0.39, 0.29) is 12.1 Å². The van der Waals surface area contributed by atoms with E-state index >= 15 is 0 Å². The van der Waals surface area contributed by atoms with Crippen LogP contribution in [0.2, 0.25) is 0 Å². The Morgan fingerprint density at radius 3 is 2.67 bits per heavy atom. The predicted octanol–water partition coefficient (Wildman–Crippen LogP) is 3.76. The third-order valence-corrected chi connectivity index (χ3v) is 4.90. The second-order valence-corrected chi connectivity index (χ2v) is 7.15. The Morgan fingerprint density at radius 1 is 1.48 bits per heavy atom. The summed E-state index contributed by atoms with van der Waals surface area (Å²) in [7, 11) is 0. The van der Waals surface area contributed by atoms with Gasteiger partial charge in [0.15, 0.2) is 0 Å². The highest BCUT2D eigenvalue weighted by atomic mass is 79.9. The quantitative estimate of drug-likeness (QED) is 0.767. The number of pyridine rings is 1. The fourth-order valence-electron chi connectivity index (χ4n) is 3.39. The van der Waals surface area contributed by atoms with E-state index < -0.39 is 5.41 Å². The number of nitriles is 1. The van der Waals surface area contributed by atoms with Gasteiger partial charge in [-0.2, -0.15) is 5.26 Å². The highest BCUT2D eigenvalue weighted by molar-refractivity contribution is 9.10. The molecule has 3 atom stereocenters. The maximum absolute atomic E-state index is 9.83. The normalized spacial score (nSPS) is 31.1. The summed E-state index contributed by atoms with van der Waals surface area (Å²) < 4.78 is 0.909. The molecule has 21 heavy (non-hydrogen) atoms. The van der Waals surface area contributed by atoms with E-state index in [1.54, 1.807) is 6.20 Å². The van der Waals surface area contributed by atoms with Crippen molar-refractivity contribution in [3.05, 3.63) is 52.3 Å². The molecule has 3 rings (SSSR count). The fourth-order valence-corrected chi connectivity index (χ4v) is 3.89. The lowest BCUT2D eigenvalue weighted by molar-refractivity contribution is 0.132. The van der Waals surface area contributed by atoms with Crippen molar-refractivity contribution in [2.45, 2.75) is 30.3 Å². The predicted molar refractivity (Wildman–Crippen MR) is 86.9 cm³/mol. The molecule has 0 N–H and O–H groups in total. The zero-order valence-electron chi connectivity index (χ0n) is 11.5. The Hall–Kier alpha value is -1.15. The Balaban J connectivity index is 1.92. The lowest BCUT2D eigenvalue weighted by Gasteiger charge is -2.43. The molecule has 1 aromatic heterocycles. The molecule has 1 aromatic rings. The summed E-state index contributed by atoms with van der Waals surface area (Å²) in [5.41, 5.74) is 0.502. The van der Waals surface area contributed by atoms with Crippen molar-refractivity contribution in [2.24, 2.45) is 0 Å². The Kier molecular flexibility index (Phi) is 3.92. The van der Waals surface area contributed by atoms with E-state index in [0.29, 0.717) is 11.6 Å². The summed E-state index contributed by atoms with van der Waals surface area (Å²) in [4.78, 5) is 6.54. The van der Waals surface area contributed by atoms with Gasteiger partial charge in [-0.25, -0.2) is 0 Å². The zero-order chi connectivity index (χ0) is 15.0. The van der Waals surface area contributed by atoms with E-state index in [4.69, 9.17) is 11.6 Å². The highest BCUT2D eigenvalue weighted by Gasteiger charge is 2.47. The van der Waals surface area contributed by atoms with Crippen molar-refractivity contribution in [3.8, 4) is 6.07 Å². The van der Waals surface area contributed by atoms with Gasteiger partial charge in [0, 0.05) is 40.5 Å². The van der Waals surface area contributed by atoms with Gasteiger partial charge >= 0.3 is 0 Å². The second kappa shape index (κ2) is 5.57. The standard InChI is InChI=1S/C16H15BrClN3/c1-11(18)9-21-14-2-3-15(21)6-16(5-14,10-19)12-4-13(17)8-20-7-12/h2-4,7-8,14-15H,1,5-6,9H2/t14-,15?,16?/m1/s1. The molecule has 0 radical (unpaired) electrons. The molecule has 2 aliphatic heterocycles. The first-order chi connectivity index (χ1) is 10.0. The summed E-state index contributed by atoms with van der Waals surface area (Å²) in [6.07, 6.45) is 9.46. The zero-order valence-corrected chi connectivity index (χ0v) is 13.8. The minimum atomic E-state index is -0.486. The average Bonchev–Trinajstić information content (AvgIpc) is 2.70. The van der Waals surface area contributed by atoms with Gasteiger partial charge in [-0.15, -0.1) is 0 Å². The summed E-state index contributed by atoms with van der Waals surface area (Å²) in [6.45, 7) is 4.46. The molecule has 2 aliphatic rings. The largest absolute Gasteiger partial charge is 0.285 e. The van der Waals surface area contributed by atoms with Crippen LogP contribution in [0.5, 0.6) is 0 Å². The monoisotopic (exact) mass is 363 g/mol. The fraction of sp³-hybridized carbons (Fsp3) is 0.375. The minimum absolute atomic E-state index is 0.234. The number of halogens is 2. The maximum Gasteiger partial charge on any atom is 0.0873 e. The van der Waals surface area contributed by atoms with Gasteiger partial charge in [-0.3, -0.25) is 9.88 Å². The van der Waals surface area contributed by atoms with E-state index in [1.165, 1.54) is 0 Å². The molecule has 3 heterocycles. The van der Waals surface area contributed by atoms with Crippen LogP contribution in [0.4, 0.5) is 0 Å². The number of aromatic nitrogens is 1. The van der Waals surface area contributed by atoms with Gasteiger partial charge in [0.25, 0.3) is 0 Å². The van der Waals surface area contributed by atoms with Crippen LogP contribution < -0.4 is 0 Å². The molecule has 2 unspecified atom stereocenters. The summed E-state index contributed by atoms with van der Waals surface area (Å²) in [5.74, 6) is 0. The number of hydrogen-bond acceptors (Lipinski definition) is 3. The average molecular weight is 365 g/mol. The first kappa shape index (κ1) is 14.8. The molecule has 108 valence electrons. The first-order valence-corrected chi connectivity index (χ1v) is 8.01. The van der Waals surface area contributed by atoms with Crippen molar-refractivity contribution in [3.63, 3.8) is 0 Å². The van der Waals surface area contributed by atoms with Crippen LogP contribution in [0.1, 0.15) is 18.4 Å². The highest BCUT2D eigenvalue weighted by Crippen LogP contribution is 2.44. The molecule has 2 bridgehead atoms. The number of piperidine rings is 1. The van der Waals surface area contributed by atoms with Gasteiger partial charge in [-0.1, -0.05) is 30.3 Å². The van der Waals surface area contributed by atoms with Crippen LogP contribution in [0, 0.1) is 11.3 Å². The second-order valence-electron chi connectivity index (χ2n) is 5.70. The van der Waals surface area contributed by atoms with E-state index in [2.05, 4.69) is 50.6 Å². The molecule has 1 saturated heterocycles. The Labute approximate surface area is 138 Å². The number of hydrogen-bond donors (Lipinski definition) is 0. The molecule has 0 spiro atoms. The number of fused-ring (bicyclic) bond motifs is 2. The smallest absolute Gasteiger partial charge is 0.0873 e. The van der Waals surface area contributed by atoms with E-state index in [1.807, 2.05) is 12.3 Å². The number of rotatable bonds is 3. The molecule has 5 heteroatoms. The van der Waals surface area contributed by atoms with Gasteiger partial charge in [-0.05, 0) is 40.4 Å². The molecular formula is C16H15BrClN3. The van der Waals surface area contributed by atoms with E-state index in [9.17, 15) is 5.26 Å². The molecule has 3 nitrogen and oxygen atoms in total. The van der Waals surface area contributed by atoms with Crippen LogP contribution in [0.15, 0.2) is 46.7 Å². The Bertz CT molecular complexity index is 633. The van der Waals surface area contributed by atoms with Crippen LogP contribution in [0.3, 0.4) is 0 Å². The first-order valence-electron chi connectivity index (χ1n) is 6.84. The van der Waals surface area contributed by atoms with Crippen LogP contribution in [-0.2, 0) is 5.41 Å². The molecule has 0 aliphatic carbocycles. The van der Waals surface area contributed by atoms with Crippen molar-refractivity contribution in [1.82, 2.24) is 9.88 Å². The lowest BCUT2D eigenvalue weighted by atomic mass is 9.71. The third kappa shape index (κ3) is 2.66. The van der Waals surface area contributed by atoms with Crippen molar-refractivity contribution >= 4 is 27.5 Å². The van der Waals surface area contributed by atoms with Crippen molar-refractivity contribution in [2.75, 3.05) is 6.54 Å². The summed E-state index contributed by atoms with van der Waals surface area (Å²) in [5, 5.41) is 10.5. The van der Waals surface area contributed by atoms with Gasteiger partial charge in [0.05, 0.1) is 11.5 Å². The minimum Gasteiger partial charge on any atom is -0.285 e. The maximum atomic E-state index is 9.83. The Morgan fingerprint density at radius 2 is 2.14 bits per heavy atom. The van der Waals surface area contributed by atoms with E-state index in [0.717, 1.165) is 22.9 Å². The molecule has 1 fully saturated rings. The van der Waals surface area contributed by atoms with Crippen LogP contribution in [-0.4, -0.2) is 28.5 Å². The molecular weight excluding hydrogens is 350 g/mol. The van der Waals surface area contributed by atoms with Crippen molar-refractivity contribution < 1.29 is 0 Å². The topological polar surface area (TPSA) is 39.9 Å². The van der Waals surface area contributed by atoms with Crippen LogP contribution in [0.25, 0.3) is 0 Å². The van der Waals surface area contributed by atoms with Gasteiger partial charge in [0.2, 0.25) is 0 Å². The lowest BCUT2D eigenvalue weighted by Crippen LogP contribution is -2.50. The summed E-state index contributed by atoms with van der Waals surface area (Å²) in [6, 6.07) is 5.03. The molecule has 0 saturated carbocycles. The van der Waals surface area contributed by atoms with Crippen molar-refractivity contribution in [1.29, 1.82) is 5.26 Å². The third-order valence-electron chi connectivity index (χ3n) is 4.35. The van der Waals surface area contributed by atoms with Gasteiger partial charge in [0.1, 0.15) is 0 Å². The summed E-state index contributed by atoms with van der Waals surface area (Å²) >= 11 is 9.41.